The summed E-state index contributed by atoms with van der Waals surface area (Å²) >= 11 is 0. The minimum absolute atomic E-state index is 0.301. The van der Waals surface area contributed by atoms with Gasteiger partial charge in [0.25, 0.3) is 5.91 Å². The Morgan fingerprint density at radius 1 is 0.853 bits per heavy atom. The second-order valence-corrected chi connectivity index (χ2v) is 7.65. The third-order valence-electron chi connectivity index (χ3n) is 5.66. The quantitative estimate of drug-likeness (QED) is 0.533. The lowest BCUT2D eigenvalue weighted by Gasteiger charge is -2.21. The van der Waals surface area contributed by atoms with Gasteiger partial charge in [-0.15, -0.1) is 0 Å². The number of rotatable bonds is 6. The number of hydrogen-bond donors (Lipinski definition) is 1. The Hall–Kier alpha value is -4.13. The average Bonchev–Trinajstić information content (AvgIpc) is 3.04. The molecule has 1 heterocycles. The van der Waals surface area contributed by atoms with Crippen LogP contribution in [0.4, 0.5) is 11.4 Å². The molecule has 0 saturated carbocycles. The Labute approximate surface area is 199 Å². The molecular weight excluding hydrogens is 430 g/mol. The van der Waals surface area contributed by atoms with Gasteiger partial charge in [0.05, 0.1) is 38.6 Å². The van der Waals surface area contributed by atoms with Crippen molar-refractivity contribution in [1.82, 2.24) is 5.32 Å². The van der Waals surface area contributed by atoms with Crippen molar-refractivity contribution < 1.29 is 19.0 Å². The molecule has 1 aliphatic rings. The van der Waals surface area contributed by atoms with Gasteiger partial charge in [-0.3, -0.25) is 9.79 Å². The van der Waals surface area contributed by atoms with Gasteiger partial charge in [-0.2, -0.15) is 0 Å². The van der Waals surface area contributed by atoms with Crippen LogP contribution in [0.1, 0.15) is 35.2 Å². The number of nitrogens with one attached hydrogen (secondary N) is 1. The molecule has 7 nitrogen and oxygen atoms in total. The number of methoxy groups -OCH3 is 3. The van der Waals surface area contributed by atoms with Crippen LogP contribution in [-0.4, -0.2) is 38.8 Å². The molecular formula is C27H27N3O4. The first kappa shape index (κ1) is 23.0. The zero-order chi connectivity index (χ0) is 24.1. The van der Waals surface area contributed by atoms with Crippen LogP contribution < -0.4 is 19.5 Å². The molecule has 0 bridgehead atoms. The summed E-state index contributed by atoms with van der Waals surface area (Å²) in [6.45, 7) is 2.06. The molecule has 1 atom stereocenters. The molecule has 34 heavy (non-hydrogen) atoms. The molecule has 1 amide bonds. The number of carbonyl (C=O) groups is 1. The van der Waals surface area contributed by atoms with Crippen molar-refractivity contribution in [2.24, 2.45) is 9.98 Å². The second-order valence-electron chi connectivity index (χ2n) is 7.65. The average molecular weight is 458 g/mol. The zero-order valence-corrected chi connectivity index (χ0v) is 19.7. The van der Waals surface area contributed by atoms with Crippen molar-refractivity contribution in [2.75, 3.05) is 21.3 Å². The van der Waals surface area contributed by atoms with E-state index in [0.29, 0.717) is 40.8 Å². The molecule has 0 spiro atoms. The van der Waals surface area contributed by atoms with Crippen LogP contribution in [0.3, 0.4) is 0 Å². The minimum Gasteiger partial charge on any atom is -0.493 e. The van der Waals surface area contributed by atoms with Gasteiger partial charge in [0.1, 0.15) is 5.84 Å². The van der Waals surface area contributed by atoms with E-state index in [1.165, 1.54) is 21.3 Å². The Morgan fingerprint density at radius 2 is 1.44 bits per heavy atom. The summed E-state index contributed by atoms with van der Waals surface area (Å²) in [6, 6.07) is 20.8. The molecule has 0 aromatic heterocycles. The van der Waals surface area contributed by atoms with Crippen LogP contribution in [0.25, 0.3) is 0 Å². The van der Waals surface area contributed by atoms with Crippen molar-refractivity contribution in [3.05, 3.63) is 77.9 Å². The predicted molar refractivity (Wildman–Crippen MR) is 134 cm³/mol. The summed E-state index contributed by atoms with van der Waals surface area (Å²) in [5, 5.41) is 3.05. The lowest BCUT2D eigenvalue weighted by molar-refractivity contribution is 0.0975. The van der Waals surface area contributed by atoms with E-state index in [1.54, 1.807) is 12.1 Å². The van der Waals surface area contributed by atoms with Crippen molar-refractivity contribution in [1.29, 1.82) is 0 Å². The molecule has 1 N–H and O–H groups in total. The highest BCUT2D eigenvalue weighted by molar-refractivity contribution is 6.19. The molecule has 4 rings (SSSR count). The molecule has 174 valence electrons. The maximum absolute atomic E-state index is 13.5. The fraction of sp³-hybridized carbons (Fsp3) is 0.222. The Bertz CT molecular complexity index is 1230. The van der Waals surface area contributed by atoms with Crippen molar-refractivity contribution in [3.63, 3.8) is 0 Å². The molecule has 7 heteroatoms. The fourth-order valence-electron chi connectivity index (χ4n) is 4.00. The molecule has 3 aromatic rings. The fourth-order valence-corrected chi connectivity index (χ4v) is 4.00. The third kappa shape index (κ3) is 4.50. The maximum atomic E-state index is 13.5. The van der Waals surface area contributed by atoms with E-state index in [1.807, 2.05) is 54.6 Å². The van der Waals surface area contributed by atoms with Crippen LogP contribution in [-0.2, 0) is 0 Å². The summed E-state index contributed by atoms with van der Waals surface area (Å²) in [4.78, 5) is 23.2. The molecule has 3 aromatic carbocycles. The highest BCUT2D eigenvalue weighted by Crippen LogP contribution is 2.39. The normalized spacial score (nSPS) is 14.8. The largest absolute Gasteiger partial charge is 0.493 e. The van der Waals surface area contributed by atoms with E-state index in [0.717, 1.165) is 17.0 Å². The SMILES string of the molecule is CCC1=Nc2ccccc2N=C(NC(=O)c2cc(OC)c(OC)c(OC)c2)C1c1ccccc1. The Balaban J connectivity index is 1.80. The van der Waals surface area contributed by atoms with E-state index in [4.69, 9.17) is 24.2 Å². The number of nitrogens with zero attached hydrogens (tertiary/aromatic N) is 2. The smallest absolute Gasteiger partial charge is 0.256 e. The third-order valence-corrected chi connectivity index (χ3v) is 5.66. The minimum atomic E-state index is -0.339. The number of carbonyl (C=O) groups excluding carboxylic acids is 1. The van der Waals surface area contributed by atoms with Crippen molar-refractivity contribution in [3.8, 4) is 17.2 Å². The van der Waals surface area contributed by atoms with Gasteiger partial charge in [-0.05, 0) is 36.2 Å². The number of benzene rings is 3. The predicted octanol–water partition coefficient (Wildman–Crippen LogP) is 5.45. The number of fused-ring (bicyclic) bond motifs is 1. The van der Waals surface area contributed by atoms with E-state index in [-0.39, 0.29) is 11.8 Å². The monoisotopic (exact) mass is 457 g/mol. The molecule has 1 aliphatic heterocycles. The number of ether oxygens (including phenoxy) is 3. The van der Waals surface area contributed by atoms with E-state index in [9.17, 15) is 4.79 Å². The molecule has 0 radical (unpaired) electrons. The van der Waals surface area contributed by atoms with Crippen LogP contribution >= 0.6 is 0 Å². The summed E-state index contributed by atoms with van der Waals surface area (Å²) in [5.41, 5.74) is 3.75. The highest BCUT2D eigenvalue weighted by atomic mass is 16.5. The van der Waals surface area contributed by atoms with Crippen LogP contribution in [0.15, 0.2) is 76.7 Å². The number of aliphatic imine (C=N–C) groups is 2. The van der Waals surface area contributed by atoms with Gasteiger partial charge in [-0.25, -0.2) is 4.99 Å². The first-order valence-electron chi connectivity index (χ1n) is 11.0. The van der Waals surface area contributed by atoms with E-state index >= 15 is 0 Å². The lowest BCUT2D eigenvalue weighted by Crippen LogP contribution is -2.37. The van der Waals surface area contributed by atoms with Gasteiger partial charge in [0.2, 0.25) is 5.75 Å². The summed E-state index contributed by atoms with van der Waals surface area (Å²) < 4.78 is 16.2. The first-order chi connectivity index (χ1) is 16.6. The van der Waals surface area contributed by atoms with Gasteiger partial charge in [0, 0.05) is 11.3 Å². The van der Waals surface area contributed by atoms with E-state index in [2.05, 4.69) is 12.2 Å². The second kappa shape index (κ2) is 10.2. The summed E-state index contributed by atoms with van der Waals surface area (Å²) in [5.74, 6) is 1.09. The topological polar surface area (TPSA) is 81.5 Å². The number of para-hydroxylation sites is 2. The standard InChI is InChI=1S/C27H27N3O4/c1-5-19-24(17-11-7-6-8-12-17)26(29-21-14-10-9-13-20(21)28-19)30-27(31)18-15-22(32-2)25(34-4)23(16-18)33-3/h6-16,24H,5H2,1-4H3,(H,29,30,31). The molecule has 0 fully saturated rings. The first-order valence-corrected chi connectivity index (χ1v) is 11.0. The van der Waals surface area contributed by atoms with Gasteiger partial charge in [0.15, 0.2) is 11.5 Å². The molecule has 1 unspecified atom stereocenters. The van der Waals surface area contributed by atoms with Gasteiger partial charge >= 0.3 is 0 Å². The Morgan fingerprint density at radius 3 is 2.00 bits per heavy atom. The molecule has 0 saturated heterocycles. The number of amides is 1. The highest BCUT2D eigenvalue weighted by Gasteiger charge is 2.28. The summed E-state index contributed by atoms with van der Waals surface area (Å²) in [6.07, 6.45) is 0.701. The van der Waals surface area contributed by atoms with Crippen molar-refractivity contribution >= 4 is 28.8 Å². The molecule has 0 aliphatic carbocycles. The Kier molecular flexibility index (Phi) is 6.92. The van der Waals surface area contributed by atoms with Crippen molar-refractivity contribution in [2.45, 2.75) is 19.3 Å². The maximum Gasteiger partial charge on any atom is 0.256 e. The number of hydrogen-bond acceptors (Lipinski definition) is 6. The number of amidine groups is 1. The van der Waals surface area contributed by atoms with Gasteiger partial charge in [-0.1, -0.05) is 49.4 Å². The van der Waals surface area contributed by atoms with Crippen LogP contribution in [0.5, 0.6) is 17.2 Å². The van der Waals surface area contributed by atoms with Crippen LogP contribution in [0, 0.1) is 0 Å². The van der Waals surface area contributed by atoms with Gasteiger partial charge < -0.3 is 19.5 Å². The van der Waals surface area contributed by atoms with Crippen LogP contribution in [0.2, 0.25) is 0 Å². The lowest BCUT2D eigenvalue weighted by atomic mass is 9.91. The zero-order valence-electron chi connectivity index (χ0n) is 19.7. The summed E-state index contributed by atoms with van der Waals surface area (Å²) in [7, 11) is 4.55. The van der Waals surface area contributed by atoms with E-state index < -0.39 is 0 Å².